The Balaban J connectivity index is 1.90. The number of esters is 2. The van der Waals surface area contributed by atoms with Gasteiger partial charge in [0.2, 0.25) is 0 Å². The molecule has 0 amide bonds. The van der Waals surface area contributed by atoms with Crippen LogP contribution in [0, 0.1) is 34.5 Å². The van der Waals surface area contributed by atoms with Gasteiger partial charge in [-0.3, -0.25) is 9.59 Å². The minimum atomic E-state index is -0.605. The normalized spacial score (nSPS) is 27.3. The molecule has 192 valence electrons. The Bertz CT molecular complexity index is 630. The van der Waals surface area contributed by atoms with Gasteiger partial charge >= 0.3 is 11.9 Å². The average molecular weight is 465 g/mol. The van der Waals surface area contributed by atoms with E-state index < -0.39 is 23.1 Å². The summed E-state index contributed by atoms with van der Waals surface area (Å²) in [4.78, 5) is 25.4. The summed E-state index contributed by atoms with van der Waals surface area (Å²) in [6.07, 6.45) is 9.31. The minimum Gasteiger partial charge on any atom is -0.459 e. The SMILES string of the molecule is CC(C1CCCC(C)(C)C1)C(C)(C)OC(=O)CC(=O)OC(C)(C)C(C)C1CCCC(C)(C)C1. The van der Waals surface area contributed by atoms with E-state index in [0.717, 1.165) is 12.8 Å². The molecular weight excluding hydrogens is 412 g/mol. The highest BCUT2D eigenvalue weighted by Gasteiger charge is 2.42. The van der Waals surface area contributed by atoms with Gasteiger partial charge < -0.3 is 9.47 Å². The summed E-state index contributed by atoms with van der Waals surface area (Å²) in [6.45, 7) is 21.6. The Kier molecular flexibility index (Phi) is 8.78. The molecule has 2 saturated carbocycles. The molecule has 0 bridgehead atoms. The van der Waals surface area contributed by atoms with Crippen LogP contribution in [0.3, 0.4) is 0 Å². The lowest BCUT2D eigenvalue weighted by Gasteiger charge is -2.43. The molecule has 4 unspecified atom stereocenters. The molecule has 0 heterocycles. The number of carbonyl (C=O) groups is 2. The Labute approximate surface area is 203 Å². The molecule has 33 heavy (non-hydrogen) atoms. The number of hydrogen-bond acceptors (Lipinski definition) is 4. The topological polar surface area (TPSA) is 52.6 Å². The van der Waals surface area contributed by atoms with Crippen molar-refractivity contribution in [3.63, 3.8) is 0 Å². The summed E-state index contributed by atoms with van der Waals surface area (Å²) in [6, 6.07) is 0. The van der Waals surface area contributed by atoms with Gasteiger partial charge in [0.25, 0.3) is 0 Å². The number of carbonyl (C=O) groups excluding carboxylic acids is 2. The Morgan fingerprint density at radius 2 is 1.09 bits per heavy atom. The Hall–Kier alpha value is -1.06. The zero-order valence-corrected chi connectivity index (χ0v) is 23.3. The van der Waals surface area contributed by atoms with Crippen molar-refractivity contribution in [2.75, 3.05) is 0 Å². The minimum absolute atomic E-state index is 0.239. The van der Waals surface area contributed by atoms with Crippen molar-refractivity contribution in [3.05, 3.63) is 0 Å². The zero-order chi connectivity index (χ0) is 25.2. The third kappa shape index (κ3) is 7.99. The molecule has 4 nitrogen and oxygen atoms in total. The fourth-order valence-corrected chi connectivity index (χ4v) is 6.46. The Morgan fingerprint density at radius 3 is 1.39 bits per heavy atom. The van der Waals surface area contributed by atoms with E-state index >= 15 is 0 Å². The summed E-state index contributed by atoms with van der Waals surface area (Å²) in [5.74, 6) is 0.584. The lowest BCUT2D eigenvalue weighted by atomic mass is 9.66. The van der Waals surface area contributed by atoms with Crippen molar-refractivity contribution in [3.8, 4) is 0 Å². The number of rotatable bonds is 8. The monoisotopic (exact) mass is 464 g/mol. The first-order chi connectivity index (χ1) is 14.9. The van der Waals surface area contributed by atoms with Gasteiger partial charge in [0.15, 0.2) is 0 Å². The quantitative estimate of drug-likeness (QED) is 0.272. The van der Waals surface area contributed by atoms with Crippen LogP contribution < -0.4 is 0 Å². The summed E-state index contributed by atoms with van der Waals surface area (Å²) < 4.78 is 11.7. The maximum atomic E-state index is 12.7. The van der Waals surface area contributed by atoms with Gasteiger partial charge in [-0.25, -0.2) is 0 Å². The van der Waals surface area contributed by atoms with Gasteiger partial charge in [0.05, 0.1) is 0 Å². The molecule has 0 spiro atoms. The predicted molar refractivity (Wildman–Crippen MR) is 135 cm³/mol. The van der Waals surface area contributed by atoms with Crippen LogP contribution in [0.4, 0.5) is 0 Å². The molecule has 2 fully saturated rings. The smallest absolute Gasteiger partial charge is 0.317 e. The van der Waals surface area contributed by atoms with E-state index in [1.807, 2.05) is 27.7 Å². The van der Waals surface area contributed by atoms with E-state index in [9.17, 15) is 9.59 Å². The summed E-state index contributed by atoms with van der Waals surface area (Å²) in [5.41, 5.74) is -0.522. The molecule has 0 N–H and O–H groups in total. The third-order valence-electron chi connectivity index (χ3n) is 9.14. The molecule has 2 aliphatic carbocycles. The second-order valence-corrected chi connectivity index (χ2v) is 14.0. The first-order valence-electron chi connectivity index (χ1n) is 13.4. The molecule has 0 aliphatic heterocycles. The first kappa shape index (κ1) is 28.2. The molecule has 0 aromatic rings. The average Bonchev–Trinajstić information content (AvgIpc) is 2.63. The lowest BCUT2D eigenvalue weighted by Crippen LogP contribution is -2.43. The highest BCUT2D eigenvalue weighted by atomic mass is 16.6. The van der Waals surface area contributed by atoms with Crippen molar-refractivity contribution in [2.45, 2.75) is 138 Å². The second-order valence-electron chi connectivity index (χ2n) is 14.0. The molecular formula is C29H52O4. The number of ether oxygens (including phenoxy) is 2. The molecule has 2 rings (SSSR count). The van der Waals surface area contributed by atoms with E-state index in [-0.39, 0.29) is 18.3 Å². The molecule has 0 aromatic carbocycles. The van der Waals surface area contributed by atoms with Crippen molar-refractivity contribution < 1.29 is 19.1 Å². The highest BCUT2D eigenvalue weighted by molar-refractivity contribution is 5.91. The van der Waals surface area contributed by atoms with Gasteiger partial charge in [-0.05, 0) is 87.9 Å². The summed E-state index contributed by atoms with van der Waals surface area (Å²) in [7, 11) is 0. The van der Waals surface area contributed by atoms with Crippen LogP contribution in [0.1, 0.15) is 127 Å². The van der Waals surface area contributed by atoms with E-state index in [1.54, 1.807) is 0 Å². The lowest BCUT2D eigenvalue weighted by molar-refractivity contribution is -0.176. The largest absolute Gasteiger partial charge is 0.459 e. The van der Waals surface area contributed by atoms with Gasteiger partial charge in [-0.15, -0.1) is 0 Å². The van der Waals surface area contributed by atoms with E-state index in [1.165, 1.54) is 38.5 Å². The fourth-order valence-electron chi connectivity index (χ4n) is 6.46. The van der Waals surface area contributed by atoms with Crippen LogP contribution in [-0.2, 0) is 19.1 Å². The molecule has 0 saturated heterocycles. The van der Waals surface area contributed by atoms with E-state index in [2.05, 4.69) is 41.5 Å². The molecule has 4 heteroatoms. The van der Waals surface area contributed by atoms with Gasteiger partial charge in [-0.2, -0.15) is 0 Å². The molecule has 0 aromatic heterocycles. The van der Waals surface area contributed by atoms with Crippen molar-refractivity contribution in [2.24, 2.45) is 34.5 Å². The maximum Gasteiger partial charge on any atom is 0.317 e. The molecule has 0 radical (unpaired) electrons. The zero-order valence-electron chi connectivity index (χ0n) is 23.3. The summed E-state index contributed by atoms with van der Waals surface area (Å²) in [5, 5.41) is 0. The van der Waals surface area contributed by atoms with Crippen LogP contribution in [0.25, 0.3) is 0 Å². The van der Waals surface area contributed by atoms with Gasteiger partial charge in [-0.1, -0.05) is 67.2 Å². The molecule has 2 aliphatic rings. The van der Waals surface area contributed by atoms with Crippen LogP contribution in [0.2, 0.25) is 0 Å². The number of hydrogen-bond donors (Lipinski definition) is 0. The fraction of sp³-hybridized carbons (Fsp3) is 0.931. The van der Waals surface area contributed by atoms with E-state index in [4.69, 9.17) is 9.47 Å². The third-order valence-corrected chi connectivity index (χ3v) is 9.14. The maximum absolute atomic E-state index is 12.7. The predicted octanol–water partition coefficient (Wildman–Crippen LogP) is 7.73. The second kappa shape index (κ2) is 10.3. The standard InChI is InChI=1S/C29H52O4/c1-20(22-13-11-15-26(3,4)18-22)28(7,8)32-24(30)17-25(31)33-29(9,10)21(2)23-14-12-16-27(5,6)19-23/h20-23H,11-19H2,1-10H3. The van der Waals surface area contributed by atoms with Gasteiger partial charge in [0.1, 0.15) is 17.6 Å². The summed E-state index contributed by atoms with van der Waals surface area (Å²) >= 11 is 0. The Morgan fingerprint density at radius 1 is 0.758 bits per heavy atom. The van der Waals surface area contributed by atoms with Crippen molar-refractivity contribution in [1.82, 2.24) is 0 Å². The van der Waals surface area contributed by atoms with Crippen LogP contribution >= 0.6 is 0 Å². The van der Waals surface area contributed by atoms with Crippen LogP contribution in [0.5, 0.6) is 0 Å². The first-order valence-corrected chi connectivity index (χ1v) is 13.4. The van der Waals surface area contributed by atoms with Crippen molar-refractivity contribution in [1.29, 1.82) is 0 Å². The van der Waals surface area contributed by atoms with Gasteiger partial charge in [0, 0.05) is 0 Å². The van der Waals surface area contributed by atoms with Crippen LogP contribution in [-0.4, -0.2) is 23.1 Å². The molecule has 4 atom stereocenters. The van der Waals surface area contributed by atoms with Crippen molar-refractivity contribution >= 4 is 11.9 Å². The van der Waals surface area contributed by atoms with E-state index in [0.29, 0.717) is 22.7 Å². The van der Waals surface area contributed by atoms with Crippen LogP contribution in [0.15, 0.2) is 0 Å². The highest BCUT2D eigenvalue weighted by Crippen LogP contribution is 2.46.